The predicted octanol–water partition coefficient (Wildman–Crippen LogP) is 5.74. The summed E-state index contributed by atoms with van der Waals surface area (Å²) < 4.78 is 5.53. The second-order valence-corrected chi connectivity index (χ2v) is 9.53. The van der Waals surface area contributed by atoms with Crippen molar-refractivity contribution in [1.82, 2.24) is 14.8 Å². The maximum absolute atomic E-state index is 12.6. The van der Waals surface area contributed by atoms with Gasteiger partial charge in [0, 0.05) is 44.1 Å². The van der Waals surface area contributed by atoms with Crippen LogP contribution >= 0.6 is 0 Å². The average Bonchev–Trinajstić information content (AvgIpc) is 2.97. The van der Waals surface area contributed by atoms with Crippen molar-refractivity contribution in [1.29, 1.82) is 5.26 Å². The molecule has 1 aromatic heterocycles. The quantitative estimate of drug-likeness (QED) is 0.441. The molecule has 186 valence electrons. The molecule has 0 unspecified atom stereocenters. The van der Waals surface area contributed by atoms with E-state index in [4.69, 9.17) is 4.74 Å². The van der Waals surface area contributed by atoms with Crippen molar-refractivity contribution in [3.63, 3.8) is 0 Å². The van der Waals surface area contributed by atoms with Crippen LogP contribution in [0.3, 0.4) is 0 Å². The van der Waals surface area contributed by atoms with Gasteiger partial charge >= 0.3 is 6.09 Å². The first kappa shape index (κ1) is 24.3. The van der Waals surface area contributed by atoms with Crippen LogP contribution < -0.4 is 0 Å². The van der Waals surface area contributed by atoms with Crippen LogP contribution in [0.1, 0.15) is 35.2 Å². The third kappa shape index (κ3) is 6.07. The van der Waals surface area contributed by atoms with Crippen LogP contribution in [-0.4, -0.2) is 47.1 Å². The minimum atomic E-state index is -0.240. The standard InChI is InChI=1S/C31H30N4O2/c32-19-26-10-4-5-11-29(26)27-18-28(30-12-6-7-15-33-30)22-34(21-27)20-24-13-16-35(17-14-24)31(36)37-23-25-8-2-1-3-9-25/h1-12,15,18,22,24H,13-14,16-17,20-21,23H2. The number of aromatic nitrogens is 1. The van der Waals surface area contributed by atoms with E-state index in [-0.39, 0.29) is 6.09 Å². The van der Waals surface area contributed by atoms with Gasteiger partial charge in [-0.2, -0.15) is 5.26 Å². The molecule has 1 saturated heterocycles. The van der Waals surface area contributed by atoms with Gasteiger partial charge in [0.15, 0.2) is 0 Å². The lowest BCUT2D eigenvalue weighted by molar-refractivity contribution is 0.0798. The lowest BCUT2D eigenvalue weighted by atomic mass is 9.92. The third-order valence-corrected chi connectivity index (χ3v) is 6.95. The van der Waals surface area contributed by atoms with E-state index in [0.29, 0.717) is 31.2 Å². The van der Waals surface area contributed by atoms with Crippen LogP contribution in [0.15, 0.2) is 91.3 Å². The molecule has 0 saturated carbocycles. The molecule has 2 aromatic carbocycles. The van der Waals surface area contributed by atoms with E-state index < -0.39 is 0 Å². The van der Waals surface area contributed by atoms with Crippen molar-refractivity contribution < 1.29 is 9.53 Å². The number of carbonyl (C=O) groups is 1. The number of allylic oxidation sites excluding steroid dienone is 2. The molecule has 2 aliphatic heterocycles. The number of nitrogens with zero attached hydrogens (tertiary/aromatic N) is 4. The average molecular weight is 491 g/mol. The first-order chi connectivity index (χ1) is 18.2. The fourth-order valence-corrected chi connectivity index (χ4v) is 4.99. The van der Waals surface area contributed by atoms with Gasteiger partial charge in [-0.25, -0.2) is 4.79 Å². The second kappa shape index (κ2) is 11.6. The Kier molecular flexibility index (Phi) is 7.61. The Bertz CT molecular complexity index is 1320. The number of rotatable bonds is 6. The molecule has 37 heavy (non-hydrogen) atoms. The van der Waals surface area contributed by atoms with Crippen molar-refractivity contribution in [3.8, 4) is 6.07 Å². The van der Waals surface area contributed by atoms with Gasteiger partial charge in [-0.05, 0) is 59.7 Å². The van der Waals surface area contributed by atoms with Crippen molar-refractivity contribution in [2.75, 3.05) is 26.2 Å². The normalized spacial score (nSPS) is 16.0. The minimum absolute atomic E-state index is 0.240. The van der Waals surface area contributed by atoms with Gasteiger partial charge in [-0.3, -0.25) is 4.98 Å². The number of hydrogen-bond acceptors (Lipinski definition) is 5. The molecule has 6 nitrogen and oxygen atoms in total. The van der Waals surface area contributed by atoms with Crippen LogP contribution in [0.4, 0.5) is 4.79 Å². The molecule has 0 aliphatic carbocycles. The largest absolute Gasteiger partial charge is 0.445 e. The SMILES string of the molecule is N#Cc1ccccc1C1=CC(c2ccccn2)=CN(CC2CCN(C(=O)OCc3ccccc3)CC2)C1. The summed E-state index contributed by atoms with van der Waals surface area (Å²) in [6.45, 7) is 3.31. The maximum Gasteiger partial charge on any atom is 0.410 e. The van der Waals surface area contributed by atoms with Crippen LogP contribution in [0, 0.1) is 17.2 Å². The Hall–Kier alpha value is -4.37. The Morgan fingerprint density at radius 2 is 1.76 bits per heavy atom. The Morgan fingerprint density at radius 1 is 1.00 bits per heavy atom. The number of amides is 1. The highest BCUT2D eigenvalue weighted by molar-refractivity contribution is 5.86. The van der Waals surface area contributed by atoms with Crippen LogP contribution in [0.25, 0.3) is 11.1 Å². The molecule has 5 rings (SSSR count). The third-order valence-electron chi connectivity index (χ3n) is 6.95. The highest BCUT2D eigenvalue weighted by Crippen LogP contribution is 2.31. The molecule has 0 spiro atoms. The van der Waals surface area contributed by atoms with Gasteiger partial charge in [0.25, 0.3) is 0 Å². The zero-order valence-electron chi connectivity index (χ0n) is 20.8. The van der Waals surface area contributed by atoms with Crippen molar-refractivity contribution >= 4 is 17.2 Å². The number of benzene rings is 2. The topological polar surface area (TPSA) is 69.5 Å². The molecular weight excluding hydrogens is 460 g/mol. The van der Waals surface area contributed by atoms with Crippen LogP contribution in [0.5, 0.6) is 0 Å². The number of carbonyl (C=O) groups excluding carboxylic acids is 1. The predicted molar refractivity (Wildman–Crippen MR) is 144 cm³/mol. The summed E-state index contributed by atoms with van der Waals surface area (Å²) in [7, 11) is 0. The summed E-state index contributed by atoms with van der Waals surface area (Å²) in [6, 6.07) is 25.8. The number of nitriles is 1. The number of piperidine rings is 1. The molecule has 3 heterocycles. The molecule has 2 aliphatic rings. The molecule has 1 fully saturated rings. The van der Waals surface area contributed by atoms with E-state index in [1.54, 1.807) is 6.20 Å². The first-order valence-electron chi connectivity index (χ1n) is 12.7. The van der Waals surface area contributed by atoms with Gasteiger partial charge in [-0.1, -0.05) is 54.6 Å². The number of likely N-dealkylation sites (tertiary alicyclic amines) is 1. The Morgan fingerprint density at radius 3 is 2.51 bits per heavy atom. The summed E-state index contributed by atoms with van der Waals surface area (Å²) in [6.07, 6.45) is 7.76. The molecule has 0 atom stereocenters. The monoisotopic (exact) mass is 490 g/mol. The van der Waals surface area contributed by atoms with Gasteiger partial charge in [-0.15, -0.1) is 0 Å². The van der Waals surface area contributed by atoms with Crippen molar-refractivity contribution in [3.05, 3.63) is 114 Å². The molecule has 0 N–H and O–H groups in total. The maximum atomic E-state index is 12.6. The van der Waals surface area contributed by atoms with E-state index in [0.717, 1.165) is 53.9 Å². The Labute approximate surface area is 218 Å². The molecule has 0 bridgehead atoms. The smallest absolute Gasteiger partial charge is 0.410 e. The molecular formula is C31H30N4O2. The van der Waals surface area contributed by atoms with Crippen molar-refractivity contribution in [2.45, 2.75) is 19.4 Å². The second-order valence-electron chi connectivity index (χ2n) is 9.53. The van der Waals surface area contributed by atoms with Crippen LogP contribution in [-0.2, 0) is 11.3 Å². The van der Waals surface area contributed by atoms with Gasteiger partial charge in [0.05, 0.1) is 17.3 Å². The minimum Gasteiger partial charge on any atom is -0.445 e. The highest BCUT2D eigenvalue weighted by atomic mass is 16.6. The molecule has 6 heteroatoms. The van der Waals surface area contributed by atoms with Crippen LogP contribution in [0.2, 0.25) is 0 Å². The zero-order chi connectivity index (χ0) is 25.5. The van der Waals surface area contributed by atoms with Crippen molar-refractivity contribution in [2.24, 2.45) is 5.92 Å². The number of hydrogen-bond donors (Lipinski definition) is 0. The summed E-state index contributed by atoms with van der Waals surface area (Å²) >= 11 is 0. The lowest BCUT2D eigenvalue weighted by Crippen LogP contribution is -2.41. The highest BCUT2D eigenvalue weighted by Gasteiger charge is 2.26. The fraction of sp³-hybridized carbons (Fsp3) is 0.258. The van der Waals surface area contributed by atoms with E-state index >= 15 is 0 Å². The summed E-state index contributed by atoms with van der Waals surface area (Å²) in [5, 5.41) is 9.67. The zero-order valence-corrected chi connectivity index (χ0v) is 20.8. The van der Waals surface area contributed by atoms with Gasteiger partial charge in [0.1, 0.15) is 6.61 Å². The molecule has 1 amide bonds. The molecule has 0 radical (unpaired) electrons. The van der Waals surface area contributed by atoms with E-state index in [2.05, 4.69) is 28.2 Å². The number of ether oxygens (including phenoxy) is 1. The summed E-state index contributed by atoms with van der Waals surface area (Å²) in [4.78, 5) is 21.3. The van der Waals surface area contributed by atoms with E-state index in [1.807, 2.05) is 77.7 Å². The van der Waals surface area contributed by atoms with Gasteiger partial charge < -0.3 is 14.5 Å². The first-order valence-corrected chi connectivity index (χ1v) is 12.7. The van der Waals surface area contributed by atoms with E-state index in [9.17, 15) is 10.1 Å². The fourth-order valence-electron chi connectivity index (χ4n) is 4.99. The number of pyridine rings is 1. The van der Waals surface area contributed by atoms with E-state index in [1.165, 1.54) is 0 Å². The molecule has 3 aromatic rings. The summed E-state index contributed by atoms with van der Waals surface area (Å²) in [5.74, 6) is 0.463. The summed E-state index contributed by atoms with van der Waals surface area (Å²) in [5.41, 5.74) is 5.70. The lowest BCUT2D eigenvalue weighted by Gasteiger charge is -2.35. The Balaban J connectivity index is 1.24. The van der Waals surface area contributed by atoms with Gasteiger partial charge in [0.2, 0.25) is 0 Å².